The molecule has 2 rings (SSSR count). The lowest BCUT2D eigenvalue weighted by Crippen LogP contribution is -2.53. The Kier molecular flexibility index (Phi) is 3.56. The highest BCUT2D eigenvalue weighted by molar-refractivity contribution is 5.82. The summed E-state index contributed by atoms with van der Waals surface area (Å²) in [5.74, 6) is 0.219. The number of imidazole rings is 1. The summed E-state index contributed by atoms with van der Waals surface area (Å²) in [5.41, 5.74) is 0. The van der Waals surface area contributed by atoms with Gasteiger partial charge in [0.05, 0.1) is 12.4 Å². The Morgan fingerprint density at radius 1 is 1.56 bits per heavy atom. The molecule has 1 aliphatic rings. The van der Waals surface area contributed by atoms with Crippen molar-refractivity contribution in [3.8, 4) is 0 Å². The van der Waals surface area contributed by atoms with E-state index in [1.54, 1.807) is 6.20 Å². The molecule has 1 fully saturated rings. The first-order chi connectivity index (χ1) is 7.77. The normalized spacial score (nSPS) is 21.4. The zero-order valence-electron chi connectivity index (χ0n) is 9.59. The molecule has 5 heteroatoms. The van der Waals surface area contributed by atoms with Gasteiger partial charge in [0.15, 0.2) is 0 Å². The van der Waals surface area contributed by atoms with E-state index < -0.39 is 0 Å². The van der Waals surface area contributed by atoms with Crippen LogP contribution in [0, 0.1) is 0 Å². The molecule has 0 radical (unpaired) electrons. The average Bonchev–Trinajstić information content (AvgIpc) is 2.77. The van der Waals surface area contributed by atoms with Crippen LogP contribution in [-0.4, -0.2) is 46.0 Å². The molecule has 1 saturated heterocycles. The van der Waals surface area contributed by atoms with Crippen molar-refractivity contribution in [2.45, 2.75) is 25.9 Å². The summed E-state index contributed by atoms with van der Waals surface area (Å²) in [6.45, 7) is 5.41. The molecule has 0 aliphatic carbocycles. The number of amides is 1. The largest absolute Gasteiger partial charge is 0.340 e. The molecule has 1 amide bonds. The number of piperazine rings is 1. The van der Waals surface area contributed by atoms with Crippen molar-refractivity contribution in [1.82, 2.24) is 19.8 Å². The molecule has 5 nitrogen and oxygen atoms in total. The second-order valence-electron chi connectivity index (χ2n) is 4.16. The molecule has 1 aromatic rings. The molecule has 1 N–H and O–H groups in total. The smallest absolute Gasteiger partial charge is 0.239 e. The number of nitrogens with zero attached hydrogens (tertiary/aromatic N) is 3. The minimum atomic E-state index is -0.0259. The van der Waals surface area contributed by atoms with Gasteiger partial charge in [-0.2, -0.15) is 0 Å². The molecule has 1 aromatic heterocycles. The highest BCUT2D eigenvalue weighted by atomic mass is 16.2. The lowest BCUT2D eigenvalue weighted by atomic mass is 10.2. The molecule has 0 spiro atoms. The van der Waals surface area contributed by atoms with Crippen molar-refractivity contribution in [3.05, 3.63) is 18.7 Å². The minimum absolute atomic E-state index is 0.0259. The lowest BCUT2D eigenvalue weighted by molar-refractivity contribution is -0.135. The van der Waals surface area contributed by atoms with Gasteiger partial charge in [0.1, 0.15) is 0 Å². The second-order valence-corrected chi connectivity index (χ2v) is 4.16. The Balaban J connectivity index is 1.75. The molecule has 2 heterocycles. The van der Waals surface area contributed by atoms with Crippen molar-refractivity contribution < 1.29 is 4.79 Å². The highest BCUT2D eigenvalue weighted by Gasteiger charge is 2.23. The number of carbonyl (C=O) groups is 1. The van der Waals surface area contributed by atoms with Crippen LogP contribution in [0.3, 0.4) is 0 Å². The van der Waals surface area contributed by atoms with Gasteiger partial charge < -0.3 is 14.8 Å². The van der Waals surface area contributed by atoms with Gasteiger partial charge in [-0.3, -0.25) is 4.79 Å². The average molecular weight is 222 g/mol. The van der Waals surface area contributed by atoms with Gasteiger partial charge in [-0.05, 0) is 13.3 Å². The number of nitrogens with one attached hydrogen (secondary N) is 1. The monoisotopic (exact) mass is 222 g/mol. The lowest BCUT2D eigenvalue weighted by Gasteiger charge is -2.31. The molecule has 0 bridgehead atoms. The maximum Gasteiger partial charge on any atom is 0.239 e. The van der Waals surface area contributed by atoms with Gasteiger partial charge in [0, 0.05) is 38.6 Å². The van der Waals surface area contributed by atoms with Crippen molar-refractivity contribution in [3.63, 3.8) is 0 Å². The Bertz CT molecular complexity index is 336. The van der Waals surface area contributed by atoms with Crippen LogP contribution in [0.25, 0.3) is 0 Å². The highest BCUT2D eigenvalue weighted by Crippen LogP contribution is 2.02. The van der Waals surface area contributed by atoms with Crippen LogP contribution in [0.4, 0.5) is 0 Å². The topological polar surface area (TPSA) is 50.2 Å². The van der Waals surface area contributed by atoms with Gasteiger partial charge in [-0.25, -0.2) is 4.98 Å². The predicted octanol–water partition coefficient (Wildman–Crippen LogP) is 0.0935. The molecule has 0 saturated carbocycles. The van der Waals surface area contributed by atoms with Gasteiger partial charge in [-0.15, -0.1) is 0 Å². The third kappa shape index (κ3) is 2.61. The van der Waals surface area contributed by atoms with Crippen molar-refractivity contribution >= 4 is 5.91 Å². The fourth-order valence-corrected chi connectivity index (χ4v) is 1.97. The van der Waals surface area contributed by atoms with E-state index in [9.17, 15) is 4.79 Å². The van der Waals surface area contributed by atoms with Gasteiger partial charge in [0.25, 0.3) is 0 Å². The zero-order chi connectivity index (χ0) is 11.4. The predicted molar refractivity (Wildman–Crippen MR) is 60.9 cm³/mol. The van der Waals surface area contributed by atoms with Crippen LogP contribution in [0.15, 0.2) is 18.7 Å². The summed E-state index contributed by atoms with van der Waals surface area (Å²) in [4.78, 5) is 17.7. The van der Waals surface area contributed by atoms with E-state index in [4.69, 9.17) is 0 Å². The SMILES string of the molecule is CC1NCCN(CCCn2ccnc2)C1=O. The molecular formula is C11H18N4O. The number of hydrogen-bond acceptors (Lipinski definition) is 3. The van der Waals surface area contributed by atoms with E-state index in [1.807, 2.05) is 28.9 Å². The second kappa shape index (κ2) is 5.12. The molecule has 0 aromatic carbocycles. The maximum absolute atomic E-state index is 11.8. The first-order valence-electron chi connectivity index (χ1n) is 5.75. The summed E-state index contributed by atoms with van der Waals surface area (Å²) < 4.78 is 2.04. The Morgan fingerprint density at radius 3 is 3.19 bits per heavy atom. The number of rotatable bonds is 4. The van der Waals surface area contributed by atoms with E-state index in [1.165, 1.54) is 0 Å². The summed E-state index contributed by atoms with van der Waals surface area (Å²) in [7, 11) is 0. The van der Waals surface area contributed by atoms with E-state index in [2.05, 4.69) is 10.3 Å². The Hall–Kier alpha value is -1.36. The summed E-state index contributed by atoms with van der Waals surface area (Å²) in [6.07, 6.45) is 6.51. The van der Waals surface area contributed by atoms with Crippen molar-refractivity contribution in [2.24, 2.45) is 0 Å². The standard InChI is InChI=1S/C11H18N4O/c1-10-11(16)15(8-4-13-10)6-2-5-14-7-3-12-9-14/h3,7,9-10,13H,2,4-6,8H2,1H3. The van der Waals surface area contributed by atoms with E-state index in [-0.39, 0.29) is 11.9 Å². The minimum Gasteiger partial charge on any atom is -0.340 e. The number of carbonyl (C=O) groups excluding carboxylic acids is 1. The van der Waals surface area contributed by atoms with Crippen molar-refractivity contribution in [1.29, 1.82) is 0 Å². The number of aryl methyl sites for hydroxylation is 1. The third-order valence-electron chi connectivity index (χ3n) is 2.92. The van der Waals surface area contributed by atoms with E-state index in [0.29, 0.717) is 0 Å². The molecule has 1 atom stereocenters. The van der Waals surface area contributed by atoms with Crippen LogP contribution in [-0.2, 0) is 11.3 Å². The zero-order valence-corrected chi connectivity index (χ0v) is 9.59. The van der Waals surface area contributed by atoms with Gasteiger partial charge >= 0.3 is 0 Å². The van der Waals surface area contributed by atoms with Crippen LogP contribution in [0.2, 0.25) is 0 Å². The maximum atomic E-state index is 11.8. The summed E-state index contributed by atoms with van der Waals surface area (Å²) >= 11 is 0. The Labute approximate surface area is 95.5 Å². The van der Waals surface area contributed by atoms with Crippen LogP contribution in [0.5, 0.6) is 0 Å². The molecule has 1 aliphatic heterocycles. The molecular weight excluding hydrogens is 204 g/mol. The summed E-state index contributed by atoms with van der Waals surface area (Å²) in [6, 6.07) is -0.0259. The van der Waals surface area contributed by atoms with E-state index >= 15 is 0 Å². The number of hydrogen-bond donors (Lipinski definition) is 1. The van der Waals surface area contributed by atoms with Gasteiger partial charge in [0.2, 0.25) is 5.91 Å². The fraction of sp³-hybridized carbons (Fsp3) is 0.636. The molecule has 88 valence electrons. The molecule has 1 unspecified atom stereocenters. The fourth-order valence-electron chi connectivity index (χ4n) is 1.97. The molecule has 16 heavy (non-hydrogen) atoms. The number of aromatic nitrogens is 2. The first-order valence-corrected chi connectivity index (χ1v) is 5.75. The van der Waals surface area contributed by atoms with Crippen LogP contribution in [0.1, 0.15) is 13.3 Å². The summed E-state index contributed by atoms with van der Waals surface area (Å²) in [5, 5.41) is 3.16. The van der Waals surface area contributed by atoms with Crippen LogP contribution >= 0.6 is 0 Å². The quantitative estimate of drug-likeness (QED) is 0.785. The first kappa shape index (κ1) is 11.1. The van der Waals surface area contributed by atoms with Crippen molar-refractivity contribution in [2.75, 3.05) is 19.6 Å². The van der Waals surface area contributed by atoms with Crippen LogP contribution < -0.4 is 5.32 Å². The Morgan fingerprint density at radius 2 is 2.44 bits per heavy atom. The third-order valence-corrected chi connectivity index (χ3v) is 2.92. The van der Waals surface area contributed by atoms with E-state index in [0.717, 1.165) is 32.6 Å². The van der Waals surface area contributed by atoms with Gasteiger partial charge in [-0.1, -0.05) is 0 Å².